The molecular weight excluding hydrogens is 512 g/mol. The number of amides is 2. The lowest BCUT2D eigenvalue weighted by Gasteiger charge is -2.24. The van der Waals surface area contributed by atoms with Gasteiger partial charge in [-0.15, -0.1) is 0 Å². The molecule has 0 saturated carbocycles. The number of hydrogen-bond acceptors (Lipinski definition) is 5. The van der Waals surface area contributed by atoms with Crippen molar-refractivity contribution in [2.45, 2.75) is 31.7 Å². The van der Waals surface area contributed by atoms with Crippen LogP contribution in [0, 0.1) is 5.82 Å². The molecule has 1 aliphatic rings. The molecule has 3 N–H and O–H groups in total. The van der Waals surface area contributed by atoms with Gasteiger partial charge in [0.15, 0.2) is 0 Å². The van der Waals surface area contributed by atoms with Gasteiger partial charge in [0.25, 0.3) is 0 Å². The van der Waals surface area contributed by atoms with Gasteiger partial charge in [0, 0.05) is 36.2 Å². The largest absolute Gasteiger partial charge is 0.491 e. The zero-order chi connectivity index (χ0) is 26.7. The molecule has 1 aromatic heterocycles. The topological polar surface area (TPSA) is 121 Å². The monoisotopic (exact) mass is 535 g/mol. The fourth-order valence-electron chi connectivity index (χ4n) is 4.36. The van der Waals surface area contributed by atoms with E-state index in [1.807, 2.05) is 0 Å². The number of likely N-dealkylation sites (tertiary alicyclic amines) is 1. The Morgan fingerprint density at radius 2 is 2.00 bits per heavy atom. The van der Waals surface area contributed by atoms with E-state index in [4.69, 9.17) is 21.4 Å². The number of hydrogen-bond donors (Lipinski definition) is 3. The molecule has 37 heavy (non-hydrogen) atoms. The van der Waals surface area contributed by atoms with Crippen LogP contribution in [-0.4, -0.2) is 69.4 Å². The van der Waals surface area contributed by atoms with Crippen molar-refractivity contribution >= 4 is 40.3 Å². The summed E-state index contributed by atoms with van der Waals surface area (Å²) in [4.78, 5) is 38.9. The summed E-state index contributed by atoms with van der Waals surface area (Å²) in [7, 11) is 0. The maximum Gasteiger partial charge on any atom is 0.337 e. The Hall–Kier alpha value is -3.70. The number of nitrogens with zero attached hydrogens (tertiary/aromatic N) is 2. The summed E-state index contributed by atoms with van der Waals surface area (Å²) in [5.74, 6) is -2.75. The number of nitrogens with one attached hydrogen (secondary N) is 1. The lowest BCUT2D eigenvalue weighted by atomic mass is 10.1. The predicted octanol–water partition coefficient (Wildman–Crippen LogP) is 2.76. The average molecular weight is 536 g/mol. The summed E-state index contributed by atoms with van der Waals surface area (Å²) in [6.07, 6.45) is -0.362. The summed E-state index contributed by atoms with van der Waals surface area (Å²) < 4.78 is 35.3. The number of aliphatic hydroxyl groups is 1. The van der Waals surface area contributed by atoms with E-state index >= 15 is 0 Å². The Kier molecular flexibility index (Phi) is 7.94. The molecule has 0 radical (unpaired) electrons. The van der Waals surface area contributed by atoms with Crippen LogP contribution >= 0.6 is 11.6 Å². The predicted molar refractivity (Wildman–Crippen MR) is 130 cm³/mol. The third-order valence-corrected chi connectivity index (χ3v) is 6.40. The number of fused-ring (bicyclic) bond motifs is 1. The molecule has 12 heteroatoms. The Labute approximate surface area is 215 Å². The zero-order valence-corrected chi connectivity index (χ0v) is 20.3. The van der Waals surface area contributed by atoms with Crippen LogP contribution in [0.2, 0.25) is 5.02 Å². The Morgan fingerprint density at radius 1 is 1.22 bits per heavy atom. The highest BCUT2D eigenvalue weighted by Gasteiger charge is 2.39. The van der Waals surface area contributed by atoms with Crippen LogP contribution in [0.3, 0.4) is 0 Å². The summed E-state index contributed by atoms with van der Waals surface area (Å²) in [5.41, 5.74) is 0.488. The number of aromatic nitrogens is 1. The second-order valence-electron chi connectivity index (χ2n) is 8.55. The van der Waals surface area contributed by atoms with Gasteiger partial charge in [0.05, 0.1) is 29.3 Å². The van der Waals surface area contributed by atoms with Crippen molar-refractivity contribution in [1.29, 1.82) is 0 Å². The van der Waals surface area contributed by atoms with Gasteiger partial charge in [-0.25, -0.2) is 13.6 Å². The van der Waals surface area contributed by atoms with Gasteiger partial charge in [-0.05, 0) is 18.2 Å². The lowest BCUT2D eigenvalue weighted by molar-refractivity contribution is -0.139. The molecule has 1 saturated heterocycles. The molecule has 0 spiro atoms. The van der Waals surface area contributed by atoms with Crippen molar-refractivity contribution in [3.05, 3.63) is 64.6 Å². The maximum atomic E-state index is 14.3. The molecule has 0 aliphatic carbocycles. The second-order valence-corrected chi connectivity index (χ2v) is 8.96. The third-order valence-electron chi connectivity index (χ3n) is 6.11. The number of aliphatic hydroxyl groups excluding tert-OH is 1. The number of carboxylic acid groups (broad SMARTS) is 1. The number of alkyl halides is 1. The highest BCUT2D eigenvalue weighted by atomic mass is 35.5. The smallest absolute Gasteiger partial charge is 0.337 e. The van der Waals surface area contributed by atoms with Gasteiger partial charge in [-0.2, -0.15) is 0 Å². The first-order chi connectivity index (χ1) is 17.7. The highest BCUT2D eigenvalue weighted by Crippen LogP contribution is 2.28. The van der Waals surface area contributed by atoms with Crippen molar-refractivity contribution in [2.75, 3.05) is 19.8 Å². The SMILES string of the molecule is O=C(O)c1cn(CC(=O)N2C[C@H](F)C[C@H]2C(=O)NCc2cccc(Cl)c2F)c2cc(OCCO)ccc12. The van der Waals surface area contributed by atoms with E-state index in [1.165, 1.54) is 41.1 Å². The fraction of sp³-hybridized carbons (Fsp3) is 0.320. The Bertz CT molecular complexity index is 1350. The van der Waals surface area contributed by atoms with Gasteiger partial charge >= 0.3 is 5.97 Å². The average Bonchev–Trinajstić information content (AvgIpc) is 3.44. The molecule has 2 aromatic carbocycles. The van der Waals surface area contributed by atoms with Crippen LogP contribution in [0.4, 0.5) is 8.78 Å². The minimum atomic E-state index is -1.43. The quantitative estimate of drug-likeness (QED) is 0.387. The number of carbonyl (C=O) groups excluding carboxylic acids is 2. The van der Waals surface area contributed by atoms with E-state index in [9.17, 15) is 28.3 Å². The third kappa shape index (κ3) is 5.67. The van der Waals surface area contributed by atoms with Gasteiger partial charge in [0.2, 0.25) is 11.8 Å². The molecule has 9 nitrogen and oxygen atoms in total. The number of rotatable bonds is 9. The first kappa shape index (κ1) is 26.4. The minimum absolute atomic E-state index is 0.0263. The normalized spacial score (nSPS) is 17.2. The van der Waals surface area contributed by atoms with Crippen LogP contribution in [0.1, 0.15) is 22.3 Å². The molecule has 1 fully saturated rings. The Balaban J connectivity index is 1.53. The van der Waals surface area contributed by atoms with E-state index in [2.05, 4.69) is 5.32 Å². The first-order valence-electron chi connectivity index (χ1n) is 11.4. The van der Waals surface area contributed by atoms with Crippen molar-refractivity contribution in [3.8, 4) is 5.75 Å². The number of benzene rings is 2. The van der Waals surface area contributed by atoms with Crippen LogP contribution in [0.5, 0.6) is 5.75 Å². The summed E-state index contributed by atoms with van der Waals surface area (Å²) >= 11 is 5.77. The molecule has 4 rings (SSSR count). The van der Waals surface area contributed by atoms with E-state index < -0.39 is 35.8 Å². The standard InChI is InChI=1S/C25H24ClF2N3O6/c26-19-3-1-2-14(23(19)28)10-29-24(34)21-8-15(27)11-31(21)22(33)13-30-12-18(25(35)36)17-5-4-16(9-20(17)30)37-7-6-32/h1-5,9,12,15,21,32H,6-8,10-11,13H2,(H,29,34)(H,35,36)/t15-,21+/m1/s1. The minimum Gasteiger partial charge on any atom is -0.491 e. The van der Waals surface area contributed by atoms with E-state index in [1.54, 1.807) is 6.07 Å². The van der Waals surface area contributed by atoms with Crippen LogP contribution in [-0.2, 0) is 22.7 Å². The maximum absolute atomic E-state index is 14.3. The summed E-state index contributed by atoms with van der Waals surface area (Å²) in [5, 5.41) is 21.4. The fourth-order valence-corrected chi connectivity index (χ4v) is 4.55. The summed E-state index contributed by atoms with van der Waals surface area (Å²) in [6.45, 7) is -1.05. The molecule has 196 valence electrons. The molecule has 3 aromatic rings. The molecule has 1 aliphatic heterocycles. The number of carbonyl (C=O) groups is 3. The van der Waals surface area contributed by atoms with Crippen molar-refractivity contribution in [3.63, 3.8) is 0 Å². The number of ether oxygens (including phenoxy) is 1. The van der Waals surface area contributed by atoms with Crippen LogP contribution < -0.4 is 10.1 Å². The molecule has 2 atom stereocenters. The molecule has 0 unspecified atom stereocenters. The number of aromatic carboxylic acids is 1. The number of carboxylic acids is 1. The second kappa shape index (κ2) is 11.1. The molecule has 2 heterocycles. The van der Waals surface area contributed by atoms with Gasteiger partial charge < -0.3 is 29.7 Å². The number of halogens is 3. The van der Waals surface area contributed by atoms with Gasteiger partial charge in [0.1, 0.15) is 36.9 Å². The zero-order valence-electron chi connectivity index (χ0n) is 19.5. The van der Waals surface area contributed by atoms with Crippen molar-refractivity contribution in [2.24, 2.45) is 0 Å². The Morgan fingerprint density at radius 3 is 2.73 bits per heavy atom. The molecular formula is C25H24ClF2N3O6. The summed E-state index contributed by atoms with van der Waals surface area (Å²) in [6, 6.07) is 7.86. The molecule has 2 amide bonds. The van der Waals surface area contributed by atoms with Gasteiger partial charge in [-0.3, -0.25) is 9.59 Å². The van der Waals surface area contributed by atoms with E-state index in [-0.39, 0.29) is 55.4 Å². The van der Waals surface area contributed by atoms with E-state index in [0.717, 1.165) is 4.90 Å². The van der Waals surface area contributed by atoms with Crippen molar-refractivity contribution in [1.82, 2.24) is 14.8 Å². The highest BCUT2D eigenvalue weighted by molar-refractivity contribution is 6.30. The van der Waals surface area contributed by atoms with Gasteiger partial charge in [-0.1, -0.05) is 23.7 Å². The van der Waals surface area contributed by atoms with E-state index in [0.29, 0.717) is 16.7 Å². The van der Waals surface area contributed by atoms with Crippen LogP contribution in [0.25, 0.3) is 10.9 Å². The van der Waals surface area contributed by atoms with Crippen molar-refractivity contribution < 1.29 is 38.1 Å². The first-order valence-corrected chi connectivity index (χ1v) is 11.8. The molecule has 0 bridgehead atoms. The van der Waals surface area contributed by atoms with Crippen LogP contribution in [0.15, 0.2) is 42.6 Å². The lowest BCUT2D eigenvalue weighted by Crippen LogP contribution is -2.46.